The fourth-order valence-electron chi connectivity index (χ4n) is 17.6. The molecule has 147 heavy (non-hydrogen) atoms. The van der Waals surface area contributed by atoms with E-state index in [4.69, 9.17) is 0 Å². The molecule has 0 spiro atoms. The first kappa shape index (κ1) is 106. The average Bonchev–Trinajstić information content (AvgIpc) is 1.46. The van der Waals surface area contributed by atoms with Gasteiger partial charge in [-0.3, -0.25) is 9.00 Å². The van der Waals surface area contributed by atoms with Gasteiger partial charge in [-0.1, -0.05) is 12.1 Å². The Bertz CT molecular complexity index is 7450. The highest BCUT2D eigenvalue weighted by Crippen LogP contribution is 2.39. The van der Waals surface area contributed by atoms with Crippen LogP contribution >= 0.6 is 0 Å². The Balaban J connectivity index is 0.000000131. The van der Waals surface area contributed by atoms with Crippen molar-refractivity contribution < 1.29 is 92.0 Å². The molecular weight excluding hydrogens is 2020 g/mol. The predicted molar refractivity (Wildman–Crippen MR) is 525 cm³/mol. The second kappa shape index (κ2) is 45.8. The molecule has 20 rings (SSSR count). The van der Waals surface area contributed by atoms with Gasteiger partial charge in [0.25, 0.3) is 38.0 Å². The molecule has 1 aromatic carbocycles. The van der Waals surface area contributed by atoms with Gasteiger partial charge >= 0.3 is 0 Å². The summed E-state index contributed by atoms with van der Waals surface area (Å²) in [5, 5.41) is 30.2. The number of benzene rings is 1. The van der Waals surface area contributed by atoms with Crippen molar-refractivity contribution in [2.45, 2.75) is 83.2 Å². The van der Waals surface area contributed by atoms with Crippen molar-refractivity contribution in [1.82, 2.24) is 117 Å². The Hall–Kier alpha value is -13.7. The normalized spacial score (nSPS) is 18.1. The van der Waals surface area contributed by atoms with E-state index in [0.717, 1.165) is 111 Å². The van der Waals surface area contributed by atoms with E-state index in [0.29, 0.717) is 124 Å². The highest BCUT2D eigenvalue weighted by molar-refractivity contribution is 7.89. The number of amides is 1. The van der Waals surface area contributed by atoms with Gasteiger partial charge in [0.15, 0.2) is 28.2 Å². The lowest BCUT2D eigenvalue weighted by Gasteiger charge is -2.39. The minimum Gasteiger partial charge on any atom is -0.391 e. The number of hydrogen-bond donors (Lipinski definition) is 4. The summed E-state index contributed by atoms with van der Waals surface area (Å²) >= 11 is 0. The number of piperidine rings is 3. The fourth-order valence-corrected chi connectivity index (χ4v) is 20.1. The molecular formula is C93H101F12N29O9S4. The Morgan fingerprint density at radius 2 is 0.796 bits per heavy atom. The van der Waals surface area contributed by atoms with Gasteiger partial charge in [-0.15, -0.1) is 0 Å². The van der Waals surface area contributed by atoms with Gasteiger partial charge in [-0.25, -0.2) is 165 Å². The minimum absolute atomic E-state index is 0.0275. The molecule has 0 aliphatic carbocycles. The Morgan fingerprint density at radius 3 is 1.21 bits per heavy atom. The van der Waals surface area contributed by atoms with Crippen LogP contribution in [0, 0.1) is 23.7 Å². The third-order valence-electron chi connectivity index (χ3n) is 25.1. The molecule has 38 nitrogen and oxygen atoms in total. The van der Waals surface area contributed by atoms with Crippen molar-refractivity contribution >= 4 is 104 Å². The van der Waals surface area contributed by atoms with Crippen LogP contribution in [0.2, 0.25) is 0 Å². The summed E-state index contributed by atoms with van der Waals surface area (Å²) in [5.41, 5.74) is 7.90. The number of aliphatic hydroxyl groups is 1. The minimum atomic E-state index is -3.61. The first-order valence-electron chi connectivity index (χ1n) is 46.2. The summed E-state index contributed by atoms with van der Waals surface area (Å²) < 4.78 is 253. The number of hydrogen-bond acceptors (Lipinski definition) is 29. The zero-order valence-electron chi connectivity index (χ0n) is 79.5. The SMILES string of the molecule is CC(=O)N1CCN(c2cccc(-c3cnc4ccc(C(F)F)nn34)c2)CC1.CS(=O)(=O)NCC1CN(c2cc(-c3cnc4ccc(C(F)F)nn34)ccn2)CCC1(F)F.CS(=O)(=O)NCC1CN(c2cc(-c3cnc4ccc(C(F)F)nn34)ncn2)CC1O.CS(=O)(=O)NC[C@H]1CCCN(c2cc(-c3cnc4ccc(C(F)F)nn34)ccn2)C1.CS(=O)CC1CCCN(c2cc(-c3cnc4ccc(C(F)F)nn34)ccn2)C1. The first-order chi connectivity index (χ1) is 70.1. The number of fused-ring (bicyclic) bond motifs is 5. The maximum Gasteiger partial charge on any atom is 0.282 e. The fraction of sp³-hybridized carbons (Fsp3) is 0.398. The van der Waals surface area contributed by atoms with Gasteiger partial charge in [0.2, 0.25) is 36.0 Å². The van der Waals surface area contributed by atoms with E-state index in [1.165, 1.54) is 96.0 Å². The summed E-state index contributed by atoms with van der Waals surface area (Å²) in [6.45, 7) is 8.37. The topological polar surface area (TPSA) is 428 Å². The van der Waals surface area contributed by atoms with Gasteiger partial charge in [0, 0.05) is 193 Å². The molecule has 5 unspecified atom stereocenters. The second-order valence-corrected chi connectivity index (χ2v) is 42.8. The lowest BCUT2D eigenvalue weighted by atomic mass is 9.93. The second-order valence-electron chi connectivity index (χ2n) is 35.8. The van der Waals surface area contributed by atoms with Crippen molar-refractivity contribution in [1.29, 1.82) is 0 Å². The van der Waals surface area contributed by atoms with Crippen LogP contribution in [0.1, 0.15) is 99.6 Å². The third kappa shape index (κ3) is 26.7. The number of β-amino-alcohol motifs (C(OH)–C–C–N with tert-alkyl or cyclic N) is 1. The number of nitrogens with one attached hydrogen (secondary N) is 3. The summed E-state index contributed by atoms with van der Waals surface area (Å²) in [5.74, 6) is -0.709. The van der Waals surface area contributed by atoms with Crippen molar-refractivity contribution in [2.24, 2.45) is 23.7 Å². The summed E-state index contributed by atoms with van der Waals surface area (Å²) in [6, 6.07) is 34.0. The molecule has 0 radical (unpaired) electrons. The van der Waals surface area contributed by atoms with E-state index >= 15 is 0 Å². The maximum atomic E-state index is 14.4. The number of rotatable bonds is 26. The highest BCUT2D eigenvalue weighted by atomic mass is 32.2. The molecule has 14 aromatic heterocycles. The number of sulfonamides is 3. The van der Waals surface area contributed by atoms with E-state index in [-0.39, 0.29) is 66.7 Å². The van der Waals surface area contributed by atoms with Crippen LogP contribution in [0.25, 0.3) is 84.7 Å². The van der Waals surface area contributed by atoms with Crippen molar-refractivity contribution in [2.75, 3.05) is 153 Å². The number of pyridine rings is 3. The maximum absolute atomic E-state index is 14.4. The molecule has 15 aromatic rings. The van der Waals surface area contributed by atoms with Crippen molar-refractivity contribution in [3.05, 3.63) is 212 Å². The van der Waals surface area contributed by atoms with Gasteiger partial charge < -0.3 is 34.5 Å². The van der Waals surface area contributed by atoms with Gasteiger partial charge in [-0.05, 0) is 147 Å². The van der Waals surface area contributed by atoms with Crippen LogP contribution in [0.5, 0.6) is 0 Å². The van der Waals surface area contributed by atoms with Crippen molar-refractivity contribution in [3.8, 4) is 56.4 Å². The number of alkyl halides is 12. The summed E-state index contributed by atoms with van der Waals surface area (Å²) in [7, 11) is -11.0. The molecule has 5 aliphatic heterocycles. The first-order valence-corrected chi connectivity index (χ1v) is 53.6. The molecule has 5 fully saturated rings. The van der Waals surface area contributed by atoms with E-state index in [2.05, 4.69) is 104 Å². The standard InChI is InChI=1S/C19H20F4N6O2S.C19H22F2N6O2S.C19H21F2N5OS.C19H19F2N5O.C17H19F2N7O3S/c1-32(30,31)26-9-13-11-28(7-5-19(13,22)23)17-8-12(4-6-24-17)15-10-25-16-3-2-14(18(20)21)27-29(15)16;1-30(28,29)24-10-13-3-2-8-26(12-13)18-9-14(6-7-22-18)16-11-23-17-5-4-15(19(20)21)25-27(16)17;1-28(27)12-13-3-2-8-25(11-13)18-9-14(6-7-22-18)16-10-23-17-5-4-15(19(20)21)24-26(16)17;1-13(27)24-7-9-25(10-8-24)15-4-2-3-14(11-15)17-12-22-18-6-5-16(19(20)21)23-26(17)18;1-30(28,29)23-5-10-7-25(8-14(10)27)16-4-12(21-9-22-16)13-6-20-15-3-2-11(17(18)19)24-26(13)15/h2-4,6,8,10,13,18,26H,5,7,9,11H2,1H3;4-7,9,11,13,19,24H,2-3,8,10,12H2,1H3;4-7,9-10,13,19H,2-3,8,11-12H2,1H3;2-6,11-12,19H,7-10H2,1H3;2-4,6,9-10,14,17,23,27H,5,7-8H2,1H3/t;13-;;;/m.1.../s1. The van der Waals surface area contributed by atoms with Crippen LogP contribution in [0.15, 0.2) is 183 Å². The number of aliphatic hydroxyl groups excluding tert-OH is 1. The largest absolute Gasteiger partial charge is 0.391 e. The quantitative estimate of drug-likeness (QED) is 0.0366. The number of halogens is 12. The molecule has 54 heteroatoms. The number of carbonyl (C=O) groups excluding carboxylic acids is 1. The highest BCUT2D eigenvalue weighted by Gasteiger charge is 2.45. The predicted octanol–water partition coefficient (Wildman–Crippen LogP) is 12.0. The number of carbonyl (C=O) groups is 1. The Labute approximate surface area is 836 Å². The molecule has 1 amide bonds. The third-order valence-corrected chi connectivity index (χ3v) is 28.1. The molecule has 19 heterocycles. The summed E-state index contributed by atoms with van der Waals surface area (Å²) in [6.07, 6.45) is 8.31. The zero-order chi connectivity index (χ0) is 105. The van der Waals surface area contributed by atoms with E-state index < -0.39 is 110 Å². The smallest absolute Gasteiger partial charge is 0.282 e. The molecule has 5 aliphatic rings. The van der Waals surface area contributed by atoms with Crippen molar-refractivity contribution in [3.63, 3.8) is 0 Å². The van der Waals surface area contributed by atoms with Gasteiger partial charge in [-0.2, -0.15) is 25.5 Å². The number of anilines is 5. The molecule has 0 bridgehead atoms. The molecule has 6 atom stereocenters. The van der Waals surface area contributed by atoms with Gasteiger partial charge in [0.1, 0.15) is 63.8 Å². The Kier molecular flexibility index (Phi) is 33.0. The van der Waals surface area contributed by atoms with Crippen LogP contribution in [-0.4, -0.2) is 284 Å². The number of aromatic nitrogens is 20. The zero-order valence-corrected chi connectivity index (χ0v) is 82.7. The van der Waals surface area contributed by atoms with E-state index in [1.54, 1.807) is 85.5 Å². The molecule has 5 saturated heterocycles. The molecule has 0 saturated carbocycles. The van der Waals surface area contributed by atoms with Gasteiger partial charge in [0.05, 0.1) is 90.2 Å². The monoisotopic (exact) mass is 2120 g/mol. The van der Waals surface area contributed by atoms with Crippen LogP contribution in [0.3, 0.4) is 0 Å². The lowest BCUT2D eigenvalue weighted by molar-refractivity contribution is -0.129. The molecule has 780 valence electrons. The Morgan fingerprint density at radius 1 is 0.415 bits per heavy atom. The molecule has 4 N–H and O–H groups in total. The number of imidazole rings is 5. The van der Waals surface area contributed by atoms with Crippen LogP contribution < -0.4 is 38.7 Å². The number of nitrogens with zero attached hydrogens (tertiary/aromatic N) is 26. The van der Waals surface area contributed by atoms with Crippen LogP contribution in [-0.2, 0) is 45.7 Å². The summed E-state index contributed by atoms with van der Waals surface area (Å²) in [4.78, 5) is 66.1. The average molecular weight is 2130 g/mol. The lowest BCUT2D eigenvalue weighted by Crippen LogP contribution is -2.51. The number of piperazine rings is 1. The van der Waals surface area contributed by atoms with E-state index in [9.17, 15) is 92.0 Å². The van der Waals surface area contributed by atoms with Crippen LogP contribution in [0.4, 0.5) is 81.6 Å². The van der Waals surface area contributed by atoms with E-state index in [1.807, 2.05) is 52.3 Å².